The van der Waals surface area contributed by atoms with Crippen LogP contribution in [0.3, 0.4) is 0 Å². The number of rotatable bonds is 7. The predicted octanol–water partition coefficient (Wildman–Crippen LogP) is 0.488. The molecule has 132 valence electrons. The number of hydrogen-bond donors (Lipinski definition) is 3. The standard InChI is InChI=1S/C15H17N5O4S/c1-3-24-11-6-4-10(5-7-11)8-16-18-12(21)9(2)25-14-13(22)17-15(23)20-19-14/h4-9H,3H2,1-2H3,(H,18,21)(H2,17,20,22,23)/b16-8+. The summed E-state index contributed by atoms with van der Waals surface area (Å²) in [5.74, 6) is 0.354. The molecule has 1 amide bonds. The van der Waals surface area contributed by atoms with Crippen molar-refractivity contribution in [1.82, 2.24) is 20.6 Å². The fourth-order valence-corrected chi connectivity index (χ4v) is 2.47. The van der Waals surface area contributed by atoms with Crippen molar-refractivity contribution >= 4 is 23.9 Å². The summed E-state index contributed by atoms with van der Waals surface area (Å²) in [5, 5.41) is 8.96. The van der Waals surface area contributed by atoms with Gasteiger partial charge >= 0.3 is 5.69 Å². The number of carbonyl (C=O) groups is 1. The summed E-state index contributed by atoms with van der Waals surface area (Å²) >= 11 is 0.913. The number of nitrogens with zero attached hydrogens (tertiary/aromatic N) is 2. The van der Waals surface area contributed by atoms with Gasteiger partial charge < -0.3 is 4.74 Å². The Kier molecular flexibility index (Phi) is 6.52. The first-order valence-electron chi connectivity index (χ1n) is 7.41. The second-order valence-corrected chi connectivity index (χ2v) is 6.14. The Hall–Kier alpha value is -2.88. The number of hydrazone groups is 1. The number of nitrogens with one attached hydrogen (secondary N) is 3. The van der Waals surface area contributed by atoms with E-state index in [4.69, 9.17) is 4.74 Å². The predicted molar refractivity (Wildman–Crippen MR) is 94.1 cm³/mol. The van der Waals surface area contributed by atoms with Crippen molar-refractivity contribution in [2.24, 2.45) is 5.10 Å². The van der Waals surface area contributed by atoms with Gasteiger partial charge in [0.1, 0.15) is 5.75 Å². The molecule has 3 N–H and O–H groups in total. The number of thioether (sulfide) groups is 1. The van der Waals surface area contributed by atoms with Crippen LogP contribution in [0.4, 0.5) is 0 Å². The molecule has 25 heavy (non-hydrogen) atoms. The summed E-state index contributed by atoms with van der Waals surface area (Å²) in [5.41, 5.74) is 1.83. The molecule has 0 saturated carbocycles. The highest BCUT2D eigenvalue weighted by Gasteiger charge is 2.16. The average molecular weight is 363 g/mol. The van der Waals surface area contributed by atoms with E-state index in [-0.39, 0.29) is 5.03 Å². The molecule has 0 aliphatic heterocycles. The normalized spacial score (nSPS) is 12.1. The van der Waals surface area contributed by atoms with E-state index < -0.39 is 22.4 Å². The number of aromatic nitrogens is 3. The lowest BCUT2D eigenvalue weighted by Gasteiger charge is -2.07. The van der Waals surface area contributed by atoms with Gasteiger partial charge in [0.05, 0.1) is 18.1 Å². The minimum absolute atomic E-state index is 0.00209. The Morgan fingerprint density at radius 1 is 1.40 bits per heavy atom. The molecule has 1 aromatic carbocycles. The van der Waals surface area contributed by atoms with Crippen LogP contribution in [0.25, 0.3) is 0 Å². The number of amides is 1. The highest BCUT2D eigenvalue weighted by atomic mass is 32.2. The summed E-state index contributed by atoms with van der Waals surface area (Å²) in [6.07, 6.45) is 1.50. The molecule has 0 aliphatic rings. The Morgan fingerprint density at radius 3 is 2.76 bits per heavy atom. The van der Waals surface area contributed by atoms with Gasteiger partial charge in [0.2, 0.25) is 0 Å². The van der Waals surface area contributed by atoms with Crippen molar-refractivity contribution < 1.29 is 9.53 Å². The van der Waals surface area contributed by atoms with Crippen LogP contribution in [0.5, 0.6) is 5.75 Å². The first-order chi connectivity index (χ1) is 12.0. The molecule has 0 saturated heterocycles. The van der Waals surface area contributed by atoms with Crippen molar-refractivity contribution in [3.63, 3.8) is 0 Å². The summed E-state index contributed by atoms with van der Waals surface area (Å²) in [6, 6.07) is 7.23. The van der Waals surface area contributed by atoms with Gasteiger partial charge in [0, 0.05) is 0 Å². The van der Waals surface area contributed by atoms with E-state index in [1.54, 1.807) is 19.1 Å². The third-order valence-electron chi connectivity index (χ3n) is 2.92. The first-order valence-corrected chi connectivity index (χ1v) is 8.29. The van der Waals surface area contributed by atoms with Crippen LogP contribution in [0.15, 0.2) is 44.0 Å². The van der Waals surface area contributed by atoms with Gasteiger partial charge in [0.25, 0.3) is 11.5 Å². The summed E-state index contributed by atoms with van der Waals surface area (Å²) in [7, 11) is 0. The molecule has 1 atom stereocenters. The Balaban J connectivity index is 1.90. The zero-order valence-corrected chi connectivity index (χ0v) is 14.4. The number of benzene rings is 1. The summed E-state index contributed by atoms with van der Waals surface area (Å²) < 4.78 is 5.34. The molecular weight excluding hydrogens is 346 g/mol. The minimum Gasteiger partial charge on any atom is -0.494 e. The van der Waals surface area contributed by atoms with Crippen LogP contribution in [-0.2, 0) is 4.79 Å². The van der Waals surface area contributed by atoms with Crippen molar-refractivity contribution in [3.8, 4) is 5.75 Å². The fraction of sp³-hybridized carbons (Fsp3) is 0.267. The second kappa shape index (κ2) is 8.83. The molecular formula is C15H17N5O4S. The molecule has 0 bridgehead atoms. The smallest absolute Gasteiger partial charge is 0.342 e. The Bertz CT molecular complexity index is 859. The van der Waals surface area contributed by atoms with Gasteiger partial charge in [0.15, 0.2) is 5.03 Å². The minimum atomic E-state index is -0.702. The zero-order valence-electron chi connectivity index (χ0n) is 13.6. The number of H-pyrrole nitrogens is 2. The van der Waals surface area contributed by atoms with Gasteiger partial charge in [-0.3, -0.25) is 14.6 Å². The summed E-state index contributed by atoms with van der Waals surface area (Å²) in [6.45, 7) is 4.09. The lowest BCUT2D eigenvalue weighted by Crippen LogP contribution is -2.30. The number of aromatic amines is 2. The summed E-state index contributed by atoms with van der Waals surface area (Å²) in [4.78, 5) is 36.5. The largest absolute Gasteiger partial charge is 0.494 e. The van der Waals surface area contributed by atoms with Gasteiger partial charge in [-0.05, 0) is 43.7 Å². The average Bonchev–Trinajstić information content (AvgIpc) is 2.59. The first kappa shape index (κ1) is 18.5. The van der Waals surface area contributed by atoms with E-state index in [1.165, 1.54) is 6.21 Å². The van der Waals surface area contributed by atoms with Crippen molar-refractivity contribution in [2.75, 3.05) is 6.61 Å². The van der Waals surface area contributed by atoms with E-state index in [0.717, 1.165) is 23.1 Å². The molecule has 0 spiro atoms. The molecule has 1 heterocycles. The maximum atomic E-state index is 12.0. The Labute approximate surface area is 146 Å². The van der Waals surface area contributed by atoms with E-state index >= 15 is 0 Å². The number of ether oxygens (including phenoxy) is 1. The lowest BCUT2D eigenvalue weighted by molar-refractivity contribution is -0.120. The van der Waals surface area contributed by atoms with E-state index in [2.05, 4.69) is 20.7 Å². The third kappa shape index (κ3) is 5.60. The maximum absolute atomic E-state index is 12.0. The molecule has 9 nitrogen and oxygen atoms in total. The van der Waals surface area contributed by atoms with Gasteiger partial charge in [-0.15, -0.1) is 0 Å². The van der Waals surface area contributed by atoms with Crippen LogP contribution in [0, 0.1) is 0 Å². The van der Waals surface area contributed by atoms with Crippen molar-refractivity contribution in [3.05, 3.63) is 50.7 Å². The molecule has 0 radical (unpaired) electrons. The number of hydrogen-bond acceptors (Lipinski definition) is 7. The van der Waals surface area contributed by atoms with Crippen molar-refractivity contribution in [2.45, 2.75) is 24.1 Å². The van der Waals surface area contributed by atoms with Crippen LogP contribution in [0.2, 0.25) is 0 Å². The monoisotopic (exact) mass is 363 g/mol. The van der Waals surface area contributed by atoms with Crippen LogP contribution < -0.4 is 21.4 Å². The topological polar surface area (TPSA) is 129 Å². The quantitative estimate of drug-likeness (QED) is 0.373. The second-order valence-electron chi connectivity index (χ2n) is 4.81. The molecule has 1 aromatic heterocycles. The fourth-order valence-electron chi connectivity index (χ4n) is 1.72. The van der Waals surface area contributed by atoms with Crippen LogP contribution in [-0.4, -0.2) is 39.2 Å². The van der Waals surface area contributed by atoms with Crippen LogP contribution in [0.1, 0.15) is 19.4 Å². The molecule has 2 rings (SSSR count). The lowest BCUT2D eigenvalue weighted by atomic mass is 10.2. The zero-order chi connectivity index (χ0) is 18.2. The molecule has 0 fully saturated rings. The third-order valence-corrected chi connectivity index (χ3v) is 3.98. The van der Waals surface area contributed by atoms with E-state index in [9.17, 15) is 14.4 Å². The highest BCUT2D eigenvalue weighted by molar-refractivity contribution is 8.00. The van der Waals surface area contributed by atoms with E-state index in [0.29, 0.717) is 6.61 Å². The van der Waals surface area contributed by atoms with Gasteiger partial charge in [-0.2, -0.15) is 10.2 Å². The van der Waals surface area contributed by atoms with E-state index in [1.807, 2.05) is 24.0 Å². The van der Waals surface area contributed by atoms with Gasteiger partial charge in [-0.1, -0.05) is 11.8 Å². The van der Waals surface area contributed by atoms with Crippen LogP contribution >= 0.6 is 11.8 Å². The molecule has 10 heteroatoms. The maximum Gasteiger partial charge on any atom is 0.342 e. The number of carbonyl (C=O) groups excluding carboxylic acids is 1. The SMILES string of the molecule is CCOc1ccc(/C=N/NC(=O)C(C)Sc2n[nH]c(=O)[nH]c2=O)cc1. The molecule has 0 aliphatic carbocycles. The highest BCUT2D eigenvalue weighted by Crippen LogP contribution is 2.16. The molecule has 1 unspecified atom stereocenters. The Morgan fingerprint density at radius 2 is 2.12 bits per heavy atom. The molecule has 2 aromatic rings. The van der Waals surface area contributed by atoms with Crippen molar-refractivity contribution in [1.29, 1.82) is 0 Å². The van der Waals surface area contributed by atoms with Gasteiger partial charge in [-0.25, -0.2) is 15.3 Å².